The summed E-state index contributed by atoms with van der Waals surface area (Å²) in [5.74, 6) is 1.48. The number of fused-ring (bicyclic) bond motifs is 1. The van der Waals surface area contributed by atoms with Gasteiger partial charge in [-0.25, -0.2) is 4.79 Å². The Hall–Kier alpha value is -2.92. The number of aliphatic carboxylic acids is 1. The number of benzene rings is 3. The lowest BCUT2D eigenvalue weighted by Crippen LogP contribution is -2.09. The second-order valence-electron chi connectivity index (χ2n) is 7.23. The summed E-state index contributed by atoms with van der Waals surface area (Å²) >= 11 is 1.94. The Balaban J connectivity index is 1.43. The molecule has 1 heterocycles. The second kappa shape index (κ2) is 9.72. The minimum absolute atomic E-state index is 0.285. The van der Waals surface area contributed by atoms with Gasteiger partial charge in [0.25, 0.3) is 0 Å². The largest absolute Gasteiger partial charge is 0.489 e. The van der Waals surface area contributed by atoms with E-state index >= 15 is 0 Å². The van der Waals surface area contributed by atoms with Gasteiger partial charge in [-0.3, -0.25) is 0 Å². The first-order chi connectivity index (χ1) is 14.7. The first kappa shape index (κ1) is 20.4. The van der Waals surface area contributed by atoms with E-state index in [1.54, 1.807) is 6.07 Å². The van der Waals surface area contributed by atoms with E-state index in [4.69, 9.17) is 14.6 Å². The number of para-hydroxylation sites is 1. The molecule has 1 aliphatic rings. The monoisotopic (exact) mass is 420 g/mol. The number of carboxylic acid groups (broad SMARTS) is 1. The van der Waals surface area contributed by atoms with E-state index in [0.29, 0.717) is 23.4 Å². The summed E-state index contributed by atoms with van der Waals surface area (Å²) < 4.78 is 11.3. The Labute approximate surface area is 180 Å². The Morgan fingerprint density at radius 2 is 1.67 bits per heavy atom. The van der Waals surface area contributed by atoms with Crippen LogP contribution in [-0.4, -0.2) is 30.0 Å². The molecule has 3 aromatic rings. The van der Waals surface area contributed by atoms with Gasteiger partial charge in [0.05, 0.1) is 11.9 Å². The SMILES string of the molecule is O=C(O)COc1cccc2c1OCC2CCSC(c1ccccc1)c1ccccc1. The highest BCUT2D eigenvalue weighted by Crippen LogP contribution is 2.44. The van der Waals surface area contributed by atoms with Crippen LogP contribution >= 0.6 is 11.8 Å². The molecule has 0 fully saturated rings. The zero-order chi connectivity index (χ0) is 20.8. The highest BCUT2D eigenvalue weighted by atomic mass is 32.2. The van der Waals surface area contributed by atoms with Gasteiger partial charge in [0.1, 0.15) is 0 Å². The molecule has 1 unspecified atom stereocenters. The molecule has 1 atom stereocenters. The first-order valence-corrected chi connectivity index (χ1v) is 11.1. The van der Waals surface area contributed by atoms with Gasteiger partial charge in [-0.1, -0.05) is 72.8 Å². The molecule has 4 nitrogen and oxygen atoms in total. The third-order valence-corrected chi connectivity index (χ3v) is 6.53. The zero-order valence-electron chi connectivity index (χ0n) is 16.6. The van der Waals surface area contributed by atoms with Crippen LogP contribution < -0.4 is 9.47 Å². The van der Waals surface area contributed by atoms with Gasteiger partial charge in [-0.2, -0.15) is 0 Å². The number of carboxylic acids is 1. The summed E-state index contributed by atoms with van der Waals surface area (Å²) in [6, 6.07) is 26.9. The van der Waals surface area contributed by atoms with E-state index in [0.717, 1.165) is 17.7 Å². The van der Waals surface area contributed by atoms with E-state index in [9.17, 15) is 4.79 Å². The van der Waals surface area contributed by atoms with Crippen LogP contribution in [0.25, 0.3) is 0 Å². The minimum Gasteiger partial charge on any atom is -0.489 e. The quantitative estimate of drug-likeness (QED) is 0.493. The highest BCUT2D eigenvalue weighted by molar-refractivity contribution is 7.99. The fourth-order valence-corrected chi connectivity index (χ4v) is 5.10. The van der Waals surface area contributed by atoms with Crippen LogP contribution in [0.15, 0.2) is 78.9 Å². The van der Waals surface area contributed by atoms with E-state index in [2.05, 4.69) is 54.6 Å². The lowest BCUT2D eigenvalue weighted by molar-refractivity contribution is -0.139. The van der Waals surface area contributed by atoms with Crippen LogP contribution in [0.3, 0.4) is 0 Å². The third-order valence-electron chi connectivity index (χ3n) is 5.18. The summed E-state index contributed by atoms with van der Waals surface area (Å²) in [4.78, 5) is 10.8. The average molecular weight is 421 g/mol. The van der Waals surface area contributed by atoms with Crippen LogP contribution in [0.5, 0.6) is 11.5 Å². The van der Waals surface area contributed by atoms with Gasteiger partial charge in [0, 0.05) is 11.5 Å². The van der Waals surface area contributed by atoms with Crippen molar-refractivity contribution in [1.29, 1.82) is 0 Å². The van der Waals surface area contributed by atoms with Crippen molar-refractivity contribution < 1.29 is 19.4 Å². The standard InChI is InChI=1S/C25H24O4S/c26-23(27)17-28-22-13-7-12-21-20(16-29-24(21)22)14-15-30-25(18-8-3-1-4-9-18)19-10-5-2-6-11-19/h1-13,20,25H,14-17H2,(H,26,27). The average Bonchev–Trinajstić information content (AvgIpc) is 3.20. The first-order valence-electron chi connectivity index (χ1n) is 10.0. The summed E-state index contributed by atoms with van der Waals surface area (Å²) in [5.41, 5.74) is 3.72. The molecule has 0 saturated carbocycles. The van der Waals surface area contributed by atoms with Crippen molar-refractivity contribution in [3.63, 3.8) is 0 Å². The van der Waals surface area contributed by atoms with E-state index in [-0.39, 0.29) is 12.5 Å². The molecule has 1 N–H and O–H groups in total. The predicted molar refractivity (Wildman–Crippen MR) is 120 cm³/mol. The van der Waals surface area contributed by atoms with Crippen molar-refractivity contribution in [1.82, 2.24) is 0 Å². The second-order valence-corrected chi connectivity index (χ2v) is 8.44. The Kier molecular flexibility index (Phi) is 6.60. The zero-order valence-corrected chi connectivity index (χ0v) is 17.4. The summed E-state index contributed by atoms with van der Waals surface area (Å²) in [5, 5.41) is 9.15. The van der Waals surface area contributed by atoms with Gasteiger partial charge >= 0.3 is 5.97 Å². The van der Waals surface area contributed by atoms with Crippen LogP contribution in [0, 0.1) is 0 Å². The lowest BCUT2D eigenvalue weighted by atomic mass is 9.98. The fourth-order valence-electron chi connectivity index (χ4n) is 3.74. The molecule has 0 radical (unpaired) electrons. The number of thioether (sulfide) groups is 1. The Bertz CT molecular complexity index is 935. The maximum absolute atomic E-state index is 10.8. The van der Waals surface area contributed by atoms with Gasteiger partial charge in [0.2, 0.25) is 0 Å². The fraction of sp³-hybridized carbons (Fsp3) is 0.240. The minimum atomic E-state index is -0.994. The number of rotatable bonds is 9. The van der Waals surface area contributed by atoms with Crippen molar-refractivity contribution >= 4 is 17.7 Å². The number of carbonyl (C=O) groups is 1. The van der Waals surface area contributed by atoms with Crippen molar-refractivity contribution in [2.45, 2.75) is 17.6 Å². The highest BCUT2D eigenvalue weighted by Gasteiger charge is 2.27. The third kappa shape index (κ3) is 4.79. The van der Waals surface area contributed by atoms with Gasteiger partial charge < -0.3 is 14.6 Å². The number of ether oxygens (including phenoxy) is 2. The van der Waals surface area contributed by atoms with Gasteiger partial charge in [0.15, 0.2) is 18.1 Å². The van der Waals surface area contributed by atoms with Gasteiger partial charge in [-0.05, 0) is 29.4 Å². The number of hydrogen-bond acceptors (Lipinski definition) is 4. The Morgan fingerprint density at radius 3 is 2.30 bits per heavy atom. The lowest BCUT2D eigenvalue weighted by Gasteiger charge is -2.19. The smallest absolute Gasteiger partial charge is 0.341 e. The molecule has 154 valence electrons. The van der Waals surface area contributed by atoms with Crippen LogP contribution in [0.1, 0.15) is 34.3 Å². The molecule has 0 bridgehead atoms. The van der Waals surface area contributed by atoms with Crippen LogP contribution in [0.4, 0.5) is 0 Å². The summed E-state index contributed by atoms with van der Waals surface area (Å²) in [6.45, 7) is 0.237. The van der Waals surface area contributed by atoms with Gasteiger partial charge in [-0.15, -0.1) is 11.8 Å². The maximum atomic E-state index is 10.8. The van der Waals surface area contributed by atoms with E-state index < -0.39 is 5.97 Å². The molecular weight excluding hydrogens is 396 g/mol. The summed E-state index contributed by atoms with van der Waals surface area (Å²) in [7, 11) is 0. The molecule has 1 aliphatic heterocycles. The molecule has 0 aromatic heterocycles. The van der Waals surface area contributed by atoms with Crippen LogP contribution in [0.2, 0.25) is 0 Å². The van der Waals surface area contributed by atoms with Crippen molar-refractivity contribution in [3.8, 4) is 11.5 Å². The topological polar surface area (TPSA) is 55.8 Å². The molecule has 0 aliphatic carbocycles. The van der Waals surface area contributed by atoms with Crippen molar-refractivity contribution in [3.05, 3.63) is 95.6 Å². The molecule has 3 aromatic carbocycles. The molecule has 0 spiro atoms. The molecular formula is C25H24O4S. The predicted octanol–water partition coefficient (Wildman–Crippen LogP) is 5.54. The van der Waals surface area contributed by atoms with Crippen LogP contribution in [-0.2, 0) is 4.79 Å². The molecule has 0 saturated heterocycles. The molecule has 5 heteroatoms. The number of hydrogen-bond donors (Lipinski definition) is 1. The van der Waals surface area contributed by atoms with E-state index in [1.807, 2.05) is 30.0 Å². The van der Waals surface area contributed by atoms with E-state index in [1.165, 1.54) is 11.1 Å². The Morgan fingerprint density at radius 1 is 1.00 bits per heavy atom. The normalized spacial score (nSPS) is 14.9. The summed E-state index contributed by atoms with van der Waals surface area (Å²) in [6.07, 6.45) is 0.982. The molecule has 0 amide bonds. The molecule has 4 rings (SSSR count). The molecule has 30 heavy (non-hydrogen) atoms. The maximum Gasteiger partial charge on any atom is 0.341 e. The van der Waals surface area contributed by atoms with Crippen molar-refractivity contribution in [2.24, 2.45) is 0 Å². The van der Waals surface area contributed by atoms with Crippen molar-refractivity contribution in [2.75, 3.05) is 19.0 Å².